The van der Waals surface area contributed by atoms with E-state index < -0.39 is 17.7 Å². The molecule has 1 aliphatic rings. The molecule has 1 aromatic carbocycles. The molecule has 0 bridgehead atoms. The van der Waals surface area contributed by atoms with Crippen molar-refractivity contribution in [2.45, 2.75) is 25.9 Å². The fourth-order valence-corrected chi connectivity index (χ4v) is 2.17. The highest BCUT2D eigenvalue weighted by Crippen LogP contribution is 2.32. The number of benzene rings is 1. The largest absolute Gasteiger partial charge is 0.388 e. The third kappa shape index (κ3) is 2.48. The third-order valence-electron chi connectivity index (χ3n) is 3.34. The van der Waals surface area contributed by atoms with E-state index >= 15 is 0 Å². The Hall–Kier alpha value is -1.00. The average molecular weight is 242 g/mol. The highest BCUT2D eigenvalue weighted by Gasteiger charge is 2.27. The van der Waals surface area contributed by atoms with Gasteiger partial charge in [0, 0.05) is 18.8 Å². The second-order valence-electron chi connectivity index (χ2n) is 4.49. The quantitative estimate of drug-likeness (QED) is 0.864. The maximum Gasteiger partial charge on any atom is 0.164 e. The van der Waals surface area contributed by atoms with Crippen LogP contribution in [0.5, 0.6) is 0 Å². The van der Waals surface area contributed by atoms with Crippen LogP contribution in [0.15, 0.2) is 12.1 Å². The maximum atomic E-state index is 13.7. The topological polar surface area (TPSA) is 29.5 Å². The van der Waals surface area contributed by atoms with Gasteiger partial charge in [-0.05, 0) is 31.2 Å². The van der Waals surface area contributed by atoms with Gasteiger partial charge in [-0.25, -0.2) is 8.78 Å². The van der Waals surface area contributed by atoms with Crippen molar-refractivity contribution in [3.05, 3.63) is 34.9 Å². The normalized spacial score (nSPS) is 19.3. The molecule has 94 valence electrons. The summed E-state index contributed by atoms with van der Waals surface area (Å²) >= 11 is 0. The summed E-state index contributed by atoms with van der Waals surface area (Å²) in [7, 11) is 0. The third-order valence-corrected chi connectivity index (χ3v) is 3.34. The molecule has 17 heavy (non-hydrogen) atoms. The van der Waals surface area contributed by atoms with Crippen molar-refractivity contribution in [2.24, 2.45) is 5.92 Å². The number of hydrogen-bond donors (Lipinski definition) is 1. The van der Waals surface area contributed by atoms with E-state index in [-0.39, 0.29) is 17.0 Å². The summed E-state index contributed by atoms with van der Waals surface area (Å²) in [6, 6.07) is 2.96. The number of aryl methyl sites for hydroxylation is 1. The zero-order chi connectivity index (χ0) is 12.4. The molecule has 1 saturated heterocycles. The summed E-state index contributed by atoms with van der Waals surface area (Å²) in [6.07, 6.45) is 0.403. The SMILES string of the molecule is Cc1ccc(C(O)C2CCOCC2)c(F)c1F. The van der Waals surface area contributed by atoms with Crippen molar-refractivity contribution in [3.8, 4) is 0 Å². The van der Waals surface area contributed by atoms with Gasteiger partial charge in [0.15, 0.2) is 11.6 Å². The molecule has 4 heteroatoms. The van der Waals surface area contributed by atoms with Gasteiger partial charge in [0.2, 0.25) is 0 Å². The molecular formula is C13H16F2O2. The molecule has 1 N–H and O–H groups in total. The molecule has 0 radical (unpaired) electrons. The zero-order valence-electron chi connectivity index (χ0n) is 9.75. The van der Waals surface area contributed by atoms with Gasteiger partial charge in [0.05, 0.1) is 6.10 Å². The van der Waals surface area contributed by atoms with Crippen molar-refractivity contribution in [3.63, 3.8) is 0 Å². The molecule has 0 saturated carbocycles. The Kier molecular flexibility index (Phi) is 3.74. The van der Waals surface area contributed by atoms with E-state index in [0.717, 1.165) is 0 Å². The molecular weight excluding hydrogens is 226 g/mol. The van der Waals surface area contributed by atoms with Crippen LogP contribution in [0, 0.1) is 24.5 Å². The lowest BCUT2D eigenvalue weighted by Crippen LogP contribution is -2.23. The molecule has 0 aliphatic carbocycles. The van der Waals surface area contributed by atoms with E-state index in [9.17, 15) is 13.9 Å². The van der Waals surface area contributed by atoms with Gasteiger partial charge in [0.1, 0.15) is 0 Å². The molecule has 1 atom stereocenters. The van der Waals surface area contributed by atoms with Gasteiger partial charge in [-0.2, -0.15) is 0 Å². The van der Waals surface area contributed by atoms with Gasteiger partial charge < -0.3 is 9.84 Å². The molecule has 1 heterocycles. The first-order valence-electron chi connectivity index (χ1n) is 5.81. The van der Waals surface area contributed by atoms with Gasteiger partial charge in [0.25, 0.3) is 0 Å². The van der Waals surface area contributed by atoms with Gasteiger partial charge in [-0.3, -0.25) is 0 Å². The highest BCUT2D eigenvalue weighted by molar-refractivity contribution is 5.27. The first kappa shape index (κ1) is 12.5. The van der Waals surface area contributed by atoms with E-state index in [2.05, 4.69) is 0 Å². The lowest BCUT2D eigenvalue weighted by molar-refractivity contribution is 0.00566. The summed E-state index contributed by atoms with van der Waals surface area (Å²) in [5.74, 6) is -1.85. The first-order chi connectivity index (χ1) is 8.11. The Morgan fingerprint density at radius 3 is 2.53 bits per heavy atom. The maximum absolute atomic E-state index is 13.7. The molecule has 2 nitrogen and oxygen atoms in total. The number of hydrogen-bond acceptors (Lipinski definition) is 2. The molecule has 0 amide bonds. The van der Waals surface area contributed by atoms with Crippen LogP contribution in [0.25, 0.3) is 0 Å². The van der Waals surface area contributed by atoms with Crippen LogP contribution in [0.2, 0.25) is 0 Å². The number of ether oxygens (including phenoxy) is 1. The first-order valence-corrected chi connectivity index (χ1v) is 5.81. The summed E-state index contributed by atoms with van der Waals surface area (Å²) in [4.78, 5) is 0. The Morgan fingerprint density at radius 2 is 1.88 bits per heavy atom. The van der Waals surface area contributed by atoms with Crippen LogP contribution in [0.4, 0.5) is 8.78 Å². The lowest BCUT2D eigenvalue weighted by atomic mass is 9.89. The second-order valence-corrected chi connectivity index (χ2v) is 4.49. The van der Waals surface area contributed by atoms with Crippen molar-refractivity contribution in [2.75, 3.05) is 13.2 Å². The minimum atomic E-state index is -0.950. The Labute approximate surface area is 99.2 Å². The summed E-state index contributed by atoms with van der Waals surface area (Å²) < 4.78 is 32.3. The molecule has 1 fully saturated rings. The van der Waals surface area contributed by atoms with E-state index in [0.29, 0.717) is 26.1 Å². The smallest absolute Gasteiger partial charge is 0.164 e. The van der Waals surface area contributed by atoms with Crippen LogP contribution in [-0.2, 0) is 4.74 Å². The zero-order valence-corrected chi connectivity index (χ0v) is 9.75. The standard InChI is InChI=1S/C13H16F2O2/c1-8-2-3-10(12(15)11(8)14)13(16)9-4-6-17-7-5-9/h2-3,9,13,16H,4-7H2,1H3. The molecule has 0 spiro atoms. The number of aliphatic hydroxyl groups excluding tert-OH is 1. The van der Waals surface area contributed by atoms with Crippen LogP contribution >= 0.6 is 0 Å². The van der Waals surface area contributed by atoms with Gasteiger partial charge in [-0.1, -0.05) is 12.1 Å². The van der Waals surface area contributed by atoms with Crippen molar-refractivity contribution in [1.82, 2.24) is 0 Å². The number of aliphatic hydroxyl groups is 1. The molecule has 1 unspecified atom stereocenters. The van der Waals surface area contributed by atoms with E-state index in [1.165, 1.54) is 19.1 Å². The lowest BCUT2D eigenvalue weighted by Gasteiger charge is -2.27. The van der Waals surface area contributed by atoms with Crippen molar-refractivity contribution in [1.29, 1.82) is 0 Å². The minimum absolute atomic E-state index is 0.0552. The Balaban J connectivity index is 2.24. The number of halogens is 2. The van der Waals surface area contributed by atoms with E-state index in [4.69, 9.17) is 4.74 Å². The van der Waals surface area contributed by atoms with Crippen LogP contribution < -0.4 is 0 Å². The highest BCUT2D eigenvalue weighted by atomic mass is 19.2. The van der Waals surface area contributed by atoms with Crippen LogP contribution in [0.3, 0.4) is 0 Å². The number of rotatable bonds is 2. The molecule has 1 aromatic rings. The summed E-state index contributed by atoms with van der Waals surface area (Å²) in [6.45, 7) is 2.64. The van der Waals surface area contributed by atoms with Gasteiger partial charge in [-0.15, -0.1) is 0 Å². The Bertz CT molecular complexity index is 401. The molecule has 1 aliphatic heterocycles. The van der Waals surface area contributed by atoms with Crippen LogP contribution in [0.1, 0.15) is 30.1 Å². The van der Waals surface area contributed by atoms with E-state index in [1.54, 1.807) is 0 Å². The van der Waals surface area contributed by atoms with E-state index in [1.807, 2.05) is 0 Å². The predicted octanol–water partition coefficient (Wildman–Crippen LogP) is 2.73. The monoisotopic (exact) mass is 242 g/mol. The fraction of sp³-hybridized carbons (Fsp3) is 0.538. The molecule has 2 rings (SSSR count). The van der Waals surface area contributed by atoms with Crippen molar-refractivity contribution >= 4 is 0 Å². The minimum Gasteiger partial charge on any atom is -0.388 e. The fourth-order valence-electron chi connectivity index (χ4n) is 2.17. The second kappa shape index (κ2) is 5.10. The van der Waals surface area contributed by atoms with Crippen LogP contribution in [-0.4, -0.2) is 18.3 Å². The molecule has 0 aromatic heterocycles. The van der Waals surface area contributed by atoms with Crippen molar-refractivity contribution < 1.29 is 18.6 Å². The van der Waals surface area contributed by atoms with Gasteiger partial charge >= 0.3 is 0 Å². The summed E-state index contributed by atoms with van der Waals surface area (Å²) in [5.41, 5.74) is 0.311. The predicted molar refractivity (Wildman–Crippen MR) is 59.6 cm³/mol. The summed E-state index contributed by atoms with van der Waals surface area (Å²) in [5, 5.41) is 10.1. The average Bonchev–Trinajstić information content (AvgIpc) is 2.36. The Morgan fingerprint density at radius 1 is 1.24 bits per heavy atom.